The molecular formula is C46H38. The highest BCUT2D eigenvalue weighted by molar-refractivity contribution is 6.21. The first kappa shape index (κ1) is 27.4. The number of rotatable bonds is 4. The second kappa shape index (κ2) is 9.78. The van der Waals surface area contributed by atoms with Crippen molar-refractivity contribution in [2.24, 2.45) is 0 Å². The maximum atomic E-state index is 2.52. The summed E-state index contributed by atoms with van der Waals surface area (Å²) in [7, 11) is 0. The van der Waals surface area contributed by atoms with Gasteiger partial charge in [-0.15, -0.1) is 0 Å². The van der Waals surface area contributed by atoms with Gasteiger partial charge in [0.2, 0.25) is 0 Å². The van der Waals surface area contributed by atoms with Gasteiger partial charge < -0.3 is 0 Å². The monoisotopic (exact) mass is 590 g/mol. The van der Waals surface area contributed by atoms with Crippen LogP contribution in [0.1, 0.15) is 62.8 Å². The van der Waals surface area contributed by atoms with E-state index in [-0.39, 0.29) is 10.8 Å². The quantitative estimate of drug-likeness (QED) is 0.179. The van der Waals surface area contributed by atoms with E-state index in [0.29, 0.717) is 0 Å². The van der Waals surface area contributed by atoms with Gasteiger partial charge in [0.1, 0.15) is 0 Å². The van der Waals surface area contributed by atoms with E-state index in [1.807, 2.05) is 0 Å². The lowest BCUT2D eigenvalue weighted by Gasteiger charge is -2.32. The maximum absolute atomic E-state index is 2.52. The third kappa shape index (κ3) is 3.45. The van der Waals surface area contributed by atoms with Gasteiger partial charge in [0.25, 0.3) is 0 Å². The van der Waals surface area contributed by atoms with Gasteiger partial charge in [-0.2, -0.15) is 0 Å². The summed E-state index contributed by atoms with van der Waals surface area (Å²) in [5, 5.41) is 5.22. The van der Waals surface area contributed by atoms with Crippen molar-refractivity contribution < 1.29 is 0 Å². The summed E-state index contributed by atoms with van der Waals surface area (Å²) in [5.41, 5.74) is 16.9. The summed E-state index contributed by atoms with van der Waals surface area (Å²) in [6.45, 7) is 9.59. The van der Waals surface area contributed by atoms with Gasteiger partial charge >= 0.3 is 0 Å². The third-order valence-electron chi connectivity index (χ3n) is 11.5. The second-order valence-corrected chi connectivity index (χ2v) is 13.8. The third-order valence-corrected chi connectivity index (χ3v) is 11.5. The zero-order valence-electron chi connectivity index (χ0n) is 27.1. The van der Waals surface area contributed by atoms with Crippen molar-refractivity contribution in [3.63, 3.8) is 0 Å². The fourth-order valence-corrected chi connectivity index (χ4v) is 9.33. The van der Waals surface area contributed by atoms with Crippen LogP contribution in [0.15, 0.2) is 133 Å². The molecular weight excluding hydrogens is 553 g/mol. The van der Waals surface area contributed by atoms with Gasteiger partial charge in [-0.25, -0.2) is 0 Å². The average Bonchev–Trinajstić information content (AvgIpc) is 3.52. The molecule has 0 aromatic heterocycles. The average molecular weight is 591 g/mol. The van der Waals surface area contributed by atoms with E-state index in [1.165, 1.54) is 82.7 Å². The molecule has 0 bridgehead atoms. The largest absolute Gasteiger partial charge is 0.0642 e. The molecule has 0 saturated heterocycles. The van der Waals surface area contributed by atoms with Gasteiger partial charge in [0.05, 0.1) is 0 Å². The van der Waals surface area contributed by atoms with E-state index in [0.717, 1.165) is 12.8 Å². The lowest BCUT2D eigenvalue weighted by atomic mass is 9.71. The SMILES string of the molecule is CCC1(CC)c2ccc(-c3c4ccccc4c(-c4ccccc4)c4ccccc34)cc2-c2ccc3c(c21)-c1ccccc1C3(C)C. The highest BCUT2D eigenvalue weighted by Gasteiger charge is 2.47. The molecule has 0 aliphatic heterocycles. The molecule has 7 aromatic carbocycles. The predicted octanol–water partition coefficient (Wildman–Crippen LogP) is 12.7. The van der Waals surface area contributed by atoms with Gasteiger partial charge in [-0.1, -0.05) is 155 Å². The van der Waals surface area contributed by atoms with Crippen LogP contribution >= 0.6 is 0 Å². The predicted molar refractivity (Wildman–Crippen MR) is 197 cm³/mol. The Balaban J connectivity index is 1.35. The number of benzene rings is 7. The van der Waals surface area contributed by atoms with Crippen LogP contribution in [0.5, 0.6) is 0 Å². The first-order valence-corrected chi connectivity index (χ1v) is 16.9. The van der Waals surface area contributed by atoms with E-state index >= 15 is 0 Å². The fourth-order valence-electron chi connectivity index (χ4n) is 9.33. The highest BCUT2D eigenvalue weighted by atomic mass is 14.5. The Labute approximate surface area is 272 Å². The Bertz CT molecular complexity index is 2290. The Hall–Kier alpha value is -4.94. The van der Waals surface area contributed by atoms with Crippen molar-refractivity contribution in [2.75, 3.05) is 0 Å². The highest BCUT2D eigenvalue weighted by Crippen LogP contribution is 2.61. The Kier molecular flexibility index (Phi) is 5.82. The summed E-state index contributed by atoms with van der Waals surface area (Å²) in [5.74, 6) is 0. The standard InChI is InChI=1S/C46H38/c1-5-46(6-2)39-26-24-30(28-37(39)35-25-27-40-43(44(35)46)36-22-14-15-23-38(36)45(40,3)4)42-33-20-12-10-18-31(33)41(29-16-8-7-9-17-29)32-19-11-13-21-34(32)42/h7-28H,5-6H2,1-4H3. The fraction of sp³-hybridized carbons (Fsp3) is 0.174. The molecule has 0 saturated carbocycles. The van der Waals surface area contributed by atoms with Crippen LogP contribution in [0.3, 0.4) is 0 Å². The lowest BCUT2D eigenvalue weighted by molar-refractivity contribution is 0.491. The zero-order chi connectivity index (χ0) is 31.2. The molecule has 7 aromatic rings. The Morgan fingerprint density at radius 1 is 0.413 bits per heavy atom. The molecule has 0 radical (unpaired) electrons. The maximum Gasteiger partial charge on any atom is 0.0216 e. The molecule has 2 aliphatic rings. The molecule has 9 rings (SSSR count). The van der Waals surface area contributed by atoms with Crippen LogP contribution in [0.25, 0.3) is 66.1 Å². The smallest absolute Gasteiger partial charge is 0.0216 e. The van der Waals surface area contributed by atoms with Crippen molar-refractivity contribution in [1.82, 2.24) is 0 Å². The van der Waals surface area contributed by atoms with Gasteiger partial charge in [0, 0.05) is 10.8 Å². The topological polar surface area (TPSA) is 0 Å². The van der Waals surface area contributed by atoms with Crippen molar-refractivity contribution >= 4 is 21.5 Å². The molecule has 0 unspecified atom stereocenters. The summed E-state index contributed by atoms with van der Waals surface area (Å²) >= 11 is 0. The van der Waals surface area contributed by atoms with E-state index < -0.39 is 0 Å². The minimum Gasteiger partial charge on any atom is -0.0642 e. The first-order valence-electron chi connectivity index (χ1n) is 16.9. The Morgan fingerprint density at radius 3 is 1.59 bits per heavy atom. The van der Waals surface area contributed by atoms with Crippen molar-refractivity contribution in [3.8, 4) is 44.5 Å². The normalized spacial score (nSPS) is 15.0. The van der Waals surface area contributed by atoms with Crippen LogP contribution in [0, 0.1) is 0 Å². The van der Waals surface area contributed by atoms with Crippen LogP contribution < -0.4 is 0 Å². The minimum absolute atomic E-state index is 0.00750. The van der Waals surface area contributed by atoms with Gasteiger partial charge in [0.15, 0.2) is 0 Å². The summed E-state index contributed by atoms with van der Waals surface area (Å²) in [6.07, 6.45) is 2.17. The zero-order valence-corrected chi connectivity index (χ0v) is 27.1. The van der Waals surface area contributed by atoms with Gasteiger partial charge in [-0.3, -0.25) is 0 Å². The summed E-state index contributed by atoms with van der Waals surface area (Å²) in [4.78, 5) is 0. The van der Waals surface area contributed by atoms with E-state index in [2.05, 4.69) is 161 Å². The van der Waals surface area contributed by atoms with Crippen LogP contribution in [0.4, 0.5) is 0 Å². The molecule has 0 nitrogen and oxygen atoms in total. The van der Waals surface area contributed by atoms with Crippen molar-refractivity contribution in [1.29, 1.82) is 0 Å². The molecule has 2 aliphatic carbocycles. The van der Waals surface area contributed by atoms with E-state index in [1.54, 1.807) is 5.56 Å². The number of hydrogen-bond acceptors (Lipinski definition) is 0. The molecule has 222 valence electrons. The van der Waals surface area contributed by atoms with E-state index in [4.69, 9.17) is 0 Å². The van der Waals surface area contributed by atoms with Crippen LogP contribution in [-0.2, 0) is 10.8 Å². The van der Waals surface area contributed by atoms with Crippen LogP contribution in [-0.4, -0.2) is 0 Å². The molecule has 0 atom stereocenters. The number of hydrogen-bond donors (Lipinski definition) is 0. The Morgan fingerprint density at radius 2 is 0.957 bits per heavy atom. The number of fused-ring (bicyclic) bond motifs is 9. The van der Waals surface area contributed by atoms with Crippen molar-refractivity contribution in [3.05, 3.63) is 156 Å². The second-order valence-electron chi connectivity index (χ2n) is 13.8. The molecule has 0 heteroatoms. The molecule has 0 heterocycles. The first-order chi connectivity index (χ1) is 22.5. The molecule has 0 fully saturated rings. The van der Waals surface area contributed by atoms with E-state index in [9.17, 15) is 0 Å². The summed E-state index contributed by atoms with van der Waals surface area (Å²) < 4.78 is 0. The van der Waals surface area contributed by atoms with Crippen molar-refractivity contribution in [2.45, 2.75) is 51.4 Å². The summed E-state index contributed by atoms with van der Waals surface area (Å²) in [6, 6.07) is 50.3. The minimum atomic E-state index is -0.0105. The lowest BCUT2D eigenvalue weighted by Crippen LogP contribution is -2.24. The molecule has 0 amide bonds. The molecule has 46 heavy (non-hydrogen) atoms. The van der Waals surface area contributed by atoms with Crippen LogP contribution in [0.2, 0.25) is 0 Å². The molecule has 0 N–H and O–H groups in total. The van der Waals surface area contributed by atoms with Gasteiger partial charge in [-0.05, 0) is 107 Å². The molecule has 0 spiro atoms.